The van der Waals surface area contributed by atoms with E-state index in [1.165, 1.54) is 10.5 Å². The number of carbonyl (C=O) groups excluding carboxylic acids is 1. The fourth-order valence-electron chi connectivity index (χ4n) is 5.33. The highest BCUT2D eigenvalue weighted by atomic mass is 19.4. The number of anilines is 2. The topological polar surface area (TPSA) is 26.8 Å². The van der Waals surface area contributed by atoms with Gasteiger partial charge in [-0.1, -0.05) is 42.5 Å². The van der Waals surface area contributed by atoms with E-state index in [-0.39, 0.29) is 18.9 Å². The Labute approximate surface area is 203 Å². The Balaban J connectivity index is 1.32. The molecule has 1 fully saturated rings. The summed E-state index contributed by atoms with van der Waals surface area (Å²) in [5.74, 6) is -0.201. The van der Waals surface area contributed by atoms with E-state index in [1.54, 1.807) is 6.07 Å². The van der Waals surface area contributed by atoms with Crippen LogP contribution in [0.4, 0.5) is 24.5 Å². The molecular formula is C28H30F3N3O. The Morgan fingerprint density at radius 2 is 1.60 bits per heavy atom. The van der Waals surface area contributed by atoms with Crippen molar-refractivity contribution < 1.29 is 18.0 Å². The molecule has 0 N–H and O–H groups in total. The van der Waals surface area contributed by atoms with Crippen molar-refractivity contribution in [3.05, 3.63) is 71.8 Å². The van der Waals surface area contributed by atoms with Gasteiger partial charge in [-0.25, -0.2) is 0 Å². The second-order valence-corrected chi connectivity index (χ2v) is 9.43. The Morgan fingerprint density at radius 3 is 2.40 bits per heavy atom. The number of halogens is 3. The maximum Gasteiger partial charge on any atom is 0.389 e. The van der Waals surface area contributed by atoms with E-state index in [1.807, 2.05) is 30.3 Å². The van der Waals surface area contributed by atoms with E-state index >= 15 is 0 Å². The van der Waals surface area contributed by atoms with E-state index in [2.05, 4.69) is 34.1 Å². The molecule has 184 valence electrons. The number of alkyl halides is 3. The third-order valence-electron chi connectivity index (χ3n) is 7.09. The smallest absolute Gasteiger partial charge is 0.370 e. The summed E-state index contributed by atoms with van der Waals surface area (Å²) in [6, 6.07) is 20.2. The molecule has 0 bridgehead atoms. The van der Waals surface area contributed by atoms with E-state index in [0.717, 1.165) is 67.7 Å². The number of amides is 1. The summed E-state index contributed by atoms with van der Waals surface area (Å²) >= 11 is 0. The predicted octanol–water partition coefficient (Wildman–Crippen LogP) is 5.90. The minimum absolute atomic E-state index is 0.0710. The van der Waals surface area contributed by atoms with Crippen molar-refractivity contribution in [2.45, 2.75) is 31.9 Å². The van der Waals surface area contributed by atoms with Gasteiger partial charge < -0.3 is 14.7 Å². The van der Waals surface area contributed by atoms with Gasteiger partial charge in [0.05, 0.1) is 5.69 Å². The number of rotatable bonds is 7. The third-order valence-corrected chi connectivity index (χ3v) is 7.09. The summed E-state index contributed by atoms with van der Waals surface area (Å²) in [7, 11) is 0. The van der Waals surface area contributed by atoms with Gasteiger partial charge in [0.25, 0.3) is 5.91 Å². The van der Waals surface area contributed by atoms with Crippen LogP contribution in [0.3, 0.4) is 0 Å². The zero-order chi connectivity index (χ0) is 24.4. The largest absolute Gasteiger partial charge is 0.389 e. The molecule has 3 aromatic carbocycles. The van der Waals surface area contributed by atoms with Crippen LogP contribution in [-0.2, 0) is 6.42 Å². The van der Waals surface area contributed by atoms with Crippen LogP contribution in [0.1, 0.15) is 35.2 Å². The summed E-state index contributed by atoms with van der Waals surface area (Å²) in [6.45, 7) is 4.96. The van der Waals surface area contributed by atoms with Gasteiger partial charge in [0.15, 0.2) is 0 Å². The Kier molecular flexibility index (Phi) is 6.69. The summed E-state index contributed by atoms with van der Waals surface area (Å²) in [5, 5.41) is 1.87. The molecule has 0 atom stereocenters. The van der Waals surface area contributed by atoms with Gasteiger partial charge in [-0.3, -0.25) is 4.79 Å². The molecule has 2 aliphatic heterocycles. The molecule has 0 radical (unpaired) electrons. The van der Waals surface area contributed by atoms with Crippen molar-refractivity contribution in [1.29, 1.82) is 0 Å². The van der Waals surface area contributed by atoms with Crippen molar-refractivity contribution in [3.63, 3.8) is 0 Å². The van der Waals surface area contributed by atoms with Crippen LogP contribution in [0, 0.1) is 0 Å². The van der Waals surface area contributed by atoms with Crippen molar-refractivity contribution >= 4 is 28.1 Å². The van der Waals surface area contributed by atoms with Gasteiger partial charge in [-0.15, -0.1) is 0 Å². The highest BCUT2D eigenvalue weighted by Gasteiger charge is 2.33. The van der Waals surface area contributed by atoms with Crippen LogP contribution >= 0.6 is 0 Å². The molecule has 2 heterocycles. The fourth-order valence-corrected chi connectivity index (χ4v) is 5.33. The zero-order valence-electron chi connectivity index (χ0n) is 19.7. The molecule has 0 aromatic heterocycles. The summed E-state index contributed by atoms with van der Waals surface area (Å²) in [4.78, 5) is 19.5. The van der Waals surface area contributed by atoms with Crippen molar-refractivity contribution in [3.8, 4) is 0 Å². The number of carbonyl (C=O) groups is 1. The summed E-state index contributed by atoms with van der Waals surface area (Å²) in [5.41, 5.74) is 3.77. The quantitative estimate of drug-likeness (QED) is 0.421. The van der Waals surface area contributed by atoms with Crippen LogP contribution in [0.25, 0.3) is 10.8 Å². The molecule has 0 spiro atoms. The summed E-state index contributed by atoms with van der Waals surface area (Å²) < 4.78 is 38.0. The van der Waals surface area contributed by atoms with E-state index in [4.69, 9.17) is 0 Å². The van der Waals surface area contributed by atoms with E-state index < -0.39 is 12.6 Å². The predicted molar refractivity (Wildman–Crippen MR) is 134 cm³/mol. The SMILES string of the molecule is O=C1c2cccc3c(N4CCCN(CCc5ccccc5)CC4)ccc(c23)N1CCCC(F)(F)F. The molecule has 4 nitrogen and oxygen atoms in total. The second kappa shape index (κ2) is 9.90. The van der Waals surface area contributed by atoms with Crippen LogP contribution in [0.15, 0.2) is 60.7 Å². The molecule has 0 saturated carbocycles. The van der Waals surface area contributed by atoms with E-state index in [0.29, 0.717) is 5.56 Å². The first-order valence-electron chi connectivity index (χ1n) is 12.4. The summed E-state index contributed by atoms with van der Waals surface area (Å²) in [6.07, 6.45) is -3.11. The van der Waals surface area contributed by atoms with Gasteiger partial charge >= 0.3 is 6.18 Å². The molecule has 35 heavy (non-hydrogen) atoms. The molecule has 3 aromatic rings. The first kappa shape index (κ1) is 23.7. The normalized spacial score (nSPS) is 16.8. The first-order chi connectivity index (χ1) is 16.9. The molecular weight excluding hydrogens is 451 g/mol. The highest BCUT2D eigenvalue weighted by molar-refractivity contribution is 6.26. The molecule has 1 amide bonds. The zero-order valence-corrected chi connectivity index (χ0v) is 19.7. The lowest BCUT2D eigenvalue weighted by atomic mass is 10.0. The van der Waals surface area contributed by atoms with E-state index in [9.17, 15) is 18.0 Å². The second-order valence-electron chi connectivity index (χ2n) is 9.43. The number of hydrogen-bond donors (Lipinski definition) is 0. The average molecular weight is 482 g/mol. The van der Waals surface area contributed by atoms with Crippen molar-refractivity contribution in [2.75, 3.05) is 49.1 Å². The van der Waals surface area contributed by atoms with Crippen LogP contribution < -0.4 is 9.80 Å². The molecule has 5 rings (SSSR count). The van der Waals surface area contributed by atoms with Gasteiger partial charge in [-0.05, 0) is 49.6 Å². The van der Waals surface area contributed by atoms with Crippen molar-refractivity contribution in [1.82, 2.24) is 4.90 Å². The Bertz CT molecular complexity index is 1200. The van der Waals surface area contributed by atoms with Crippen LogP contribution in [0.5, 0.6) is 0 Å². The Hall–Kier alpha value is -3.06. The lowest BCUT2D eigenvalue weighted by Gasteiger charge is -2.26. The number of nitrogens with zero attached hydrogens (tertiary/aromatic N) is 3. The lowest BCUT2D eigenvalue weighted by Crippen LogP contribution is -2.32. The average Bonchev–Trinajstić information content (AvgIpc) is 2.99. The lowest BCUT2D eigenvalue weighted by molar-refractivity contribution is -0.135. The van der Waals surface area contributed by atoms with Gasteiger partial charge in [-0.2, -0.15) is 13.2 Å². The standard InChI is InChI=1S/C28H30F3N3O/c29-28(30,31)14-5-17-34-25-12-11-24(22-9-4-10-23(26(22)25)27(34)35)33-16-6-15-32(19-20-33)18-13-21-7-2-1-3-8-21/h1-4,7-12H,5-6,13-20H2. The minimum atomic E-state index is -4.21. The number of hydrogen-bond acceptors (Lipinski definition) is 3. The van der Waals surface area contributed by atoms with Crippen molar-refractivity contribution in [2.24, 2.45) is 0 Å². The van der Waals surface area contributed by atoms with Gasteiger partial charge in [0.1, 0.15) is 0 Å². The minimum Gasteiger partial charge on any atom is -0.370 e. The maximum absolute atomic E-state index is 13.0. The molecule has 0 aliphatic carbocycles. The fraction of sp³-hybridized carbons (Fsp3) is 0.393. The van der Waals surface area contributed by atoms with Gasteiger partial charge in [0, 0.05) is 61.2 Å². The highest BCUT2D eigenvalue weighted by Crippen LogP contribution is 2.42. The number of benzene rings is 3. The molecule has 2 aliphatic rings. The Morgan fingerprint density at radius 1 is 0.800 bits per heavy atom. The van der Waals surface area contributed by atoms with Crippen LogP contribution in [-0.4, -0.2) is 56.3 Å². The van der Waals surface area contributed by atoms with Crippen LogP contribution in [0.2, 0.25) is 0 Å². The first-order valence-corrected chi connectivity index (χ1v) is 12.4. The maximum atomic E-state index is 13.0. The monoisotopic (exact) mass is 481 g/mol. The third kappa shape index (κ3) is 5.15. The molecule has 7 heteroatoms. The molecule has 0 unspecified atom stereocenters. The molecule has 1 saturated heterocycles. The van der Waals surface area contributed by atoms with Gasteiger partial charge in [0.2, 0.25) is 0 Å².